The van der Waals surface area contributed by atoms with Crippen LogP contribution in [0.15, 0.2) is 34.2 Å². The third kappa shape index (κ3) is 3.64. The van der Waals surface area contributed by atoms with Gasteiger partial charge in [0.25, 0.3) is 5.56 Å². The normalized spacial score (nSPS) is 21.8. The largest absolute Gasteiger partial charge is 0.461 e. The summed E-state index contributed by atoms with van der Waals surface area (Å²) in [5, 5.41) is 1.08. The lowest BCUT2D eigenvalue weighted by atomic mass is 10.2. The van der Waals surface area contributed by atoms with Crippen molar-refractivity contribution >= 4 is 38.5 Å². The zero-order chi connectivity index (χ0) is 18.3. The lowest BCUT2D eigenvalue weighted by Gasteiger charge is -2.13. The molecule has 1 saturated heterocycles. The Balaban J connectivity index is 1.51. The number of hydrogen-bond donors (Lipinski definition) is 0. The highest BCUT2D eigenvalue weighted by molar-refractivity contribution is 7.99. The molecular weight excluding hydrogens is 376 g/mol. The van der Waals surface area contributed by atoms with Gasteiger partial charge in [0.05, 0.1) is 28.2 Å². The quantitative estimate of drug-likeness (QED) is 0.431. The number of benzene rings is 1. The Bertz CT molecular complexity index is 1030. The van der Waals surface area contributed by atoms with E-state index in [1.807, 2.05) is 12.1 Å². The van der Waals surface area contributed by atoms with Gasteiger partial charge in [0.2, 0.25) is 0 Å². The number of para-hydroxylation sites is 1. The standard InChI is InChI=1S/C17H18N2O5S2/c20-15(24-12-7-8-26(22,23)10-12)9-25-17-18-14-4-2-1-3-13(14)16(21)19(17)11-5-6-11/h1-4,11-12H,5-10H2/t12-/m0/s1. The number of hydrogen-bond acceptors (Lipinski definition) is 7. The first kappa shape index (κ1) is 17.5. The highest BCUT2D eigenvalue weighted by atomic mass is 32.2. The fraction of sp³-hybridized carbons (Fsp3) is 0.471. The van der Waals surface area contributed by atoms with Gasteiger partial charge in [-0.2, -0.15) is 0 Å². The fourth-order valence-corrected chi connectivity index (χ4v) is 5.52. The molecule has 0 radical (unpaired) electrons. The summed E-state index contributed by atoms with van der Waals surface area (Å²) < 4.78 is 29.8. The minimum absolute atomic E-state index is 0.00590. The topological polar surface area (TPSA) is 95.3 Å². The summed E-state index contributed by atoms with van der Waals surface area (Å²) in [6, 6.07) is 7.30. The monoisotopic (exact) mass is 394 g/mol. The smallest absolute Gasteiger partial charge is 0.316 e. The molecule has 0 amide bonds. The van der Waals surface area contributed by atoms with E-state index in [4.69, 9.17) is 4.74 Å². The van der Waals surface area contributed by atoms with Crippen molar-refractivity contribution in [1.82, 2.24) is 9.55 Å². The molecule has 0 N–H and O–H groups in total. The predicted octanol–water partition coefficient (Wildman–Crippen LogP) is 1.55. The minimum atomic E-state index is -3.09. The van der Waals surface area contributed by atoms with Gasteiger partial charge in [0.1, 0.15) is 6.10 Å². The molecule has 0 unspecified atom stereocenters. The number of thioether (sulfide) groups is 1. The molecule has 1 aliphatic carbocycles. The van der Waals surface area contributed by atoms with Crippen LogP contribution in [0.25, 0.3) is 10.9 Å². The van der Waals surface area contributed by atoms with Gasteiger partial charge in [0.15, 0.2) is 15.0 Å². The molecule has 1 atom stereocenters. The van der Waals surface area contributed by atoms with Gasteiger partial charge in [-0.3, -0.25) is 14.2 Å². The lowest BCUT2D eigenvalue weighted by molar-refractivity contribution is -0.144. The highest BCUT2D eigenvalue weighted by Gasteiger charge is 2.31. The number of rotatable bonds is 5. The Morgan fingerprint density at radius 2 is 2.04 bits per heavy atom. The summed E-state index contributed by atoms with van der Waals surface area (Å²) in [5.74, 6) is -0.536. The third-order valence-electron chi connectivity index (χ3n) is 4.50. The van der Waals surface area contributed by atoms with Crippen molar-refractivity contribution in [2.45, 2.75) is 36.6 Å². The van der Waals surface area contributed by atoms with E-state index >= 15 is 0 Å². The van der Waals surface area contributed by atoms with Crippen molar-refractivity contribution in [3.63, 3.8) is 0 Å². The average Bonchev–Trinajstić information content (AvgIpc) is 3.37. The Morgan fingerprint density at radius 3 is 2.73 bits per heavy atom. The Labute approximate surface area is 154 Å². The van der Waals surface area contributed by atoms with E-state index in [-0.39, 0.29) is 28.9 Å². The van der Waals surface area contributed by atoms with Gasteiger partial charge in [-0.25, -0.2) is 13.4 Å². The van der Waals surface area contributed by atoms with Crippen molar-refractivity contribution < 1.29 is 17.9 Å². The molecule has 2 heterocycles. The Kier molecular flexibility index (Phi) is 4.52. The number of carbonyl (C=O) groups excluding carboxylic acids is 1. The summed E-state index contributed by atoms with van der Waals surface area (Å²) >= 11 is 1.16. The van der Waals surface area contributed by atoms with Gasteiger partial charge < -0.3 is 4.74 Å². The molecule has 2 aliphatic rings. The zero-order valence-electron chi connectivity index (χ0n) is 14.0. The molecular formula is C17H18N2O5S2. The highest BCUT2D eigenvalue weighted by Crippen LogP contribution is 2.36. The summed E-state index contributed by atoms with van der Waals surface area (Å²) in [4.78, 5) is 29.4. The summed E-state index contributed by atoms with van der Waals surface area (Å²) in [6.07, 6.45) is 1.64. The van der Waals surface area contributed by atoms with E-state index in [9.17, 15) is 18.0 Å². The Hall–Kier alpha value is -1.87. The first-order valence-corrected chi connectivity index (χ1v) is 11.3. The van der Waals surface area contributed by atoms with Crippen molar-refractivity contribution in [2.24, 2.45) is 0 Å². The van der Waals surface area contributed by atoms with Crippen molar-refractivity contribution in [3.05, 3.63) is 34.6 Å². The number of ether oxygens (including phenoxy) is 1. The van der Waals surface area contributed by atoms with Gasteiger partial charge in [-0.05, 0) is 31.4 Å². The number of esters is 1. The SMILES string of the molecule is O=C(CSc1nc2ccccc2c(=O)n1C1CC1)O[C@H]1CCS(=O)(=O)C1. The molecule has 2 fully saturated rings. The molecule has 7 nitrogen and oxygen atoms in total. The van der Waals surface area contributed by atoms with E-state index < -0.39 is 21.9 Å². The van der Waals surface area contributed by atoms with Crippen LogP contribution in [0.1, 0.15) is 25.3 Å². The molecule has 4 rings (SSSR count). The van der Waals surface area contributed by atoms with E-state index in [0.29, 0.717) is 22.5 Å². The van der Waals surface area contributed by atoms with Crippen LogP contribution in [-0.2, 0) is 19.4 Å². The van der Waals surface area contributed by atoms with Crippen LogP contribution in [0.5, 0.6) is 0 Å². The van der Waals surface area contributed by atoms with Crippen LogP contribution >= 0.6 is 11.8 Å². The van der Waals surface area contributed by atoms with Gasteiger partial charge in [-0.1, -0.05) is 23.9 Å². The number of aromatic nitrogens is 2. The molecule has 1 aromatic heterocycles. The number of fused-ring (bicyclic) bond motifs is 1. The predicted molar refractivity (Wildman–Crippen MR) is 98.1 cm³/mol. The molecule has 0 bridgehead atoms. The molecule has 2 aromatic rings. The van der Waals surface area contributed by atoms with Crippen molar-refractivity contribution in [2.75, 3.05) is 17.3 Å². The molecule has 9 heteroatoms. The maximum Gasteiger partial charge on any atom is 0.316 e. The first-order chi connectivity index (χ1) is 12.4. The fourth-order valence-electron chi connectivity index (χ4n) is 3.08. The van der Waals surface area contributed by atoms with Crippen molar-refractivity contribution in [3.8, 4) is 0 Å². The van der Waals surface area contributed by atoms with E-state index in [1.165, 1.54) is 0 Å². The molecule has 1 aromatic carbocycles. The molecule has 138 valence electrons. The van der Waals surface area contributed by atoms with Crippen LogP contribution in [-0.4, -0.2) is 47.3 Å². The number of sulfone groups is 1. The first-order valence-electron chi connectivity index (χ1n) is 8.47. The second kappa shape index (κ2) is 6.70. The van der Waals surface area contributed by atoms with E-state index in [1.54, 1.807) is 16.7 Å². The minimum Gasteiger partial charge on any atom is -0.461 e. The maximum atomic E-state index is 12.8. The van der Waals surface area contributed by atoms with Crippen molar-refractivity contribution in [1.29, 1.82) is 0 Å². The van der Waals surface area contributed by atoms with Crippen LogP contribution < -0.4 is 5.56 Å². The average molecular weight is 394 g/mol. The zero-order valence-corrected chi connectivity index (χ0v) is 15.6. The van der Waals surface area contributed by atoms with Crippen LogP contribution in [0.2, 0.25) is 0 Å². The molecule has 1 aliphatic heterocycles. The summed E-state index contributed by atoms with van der Waals surface area (Å²) in [5.41, 5.74) is 0.517. The summed E-state index contributed by atoms with van der Waals surface area (Å²) in [7, 11) is -3.09. The third-order valence-corrected chi connectivity index (χ3v) is 7.16. The molecule has 1 saturated carbocycles. The molecule has 0 spiro atoms. The molecule has 26 heavy (non-hydrogen) atoms. The van der Waals surface area contributed by atoms with Gasteiger partial charge >= 0.3 is 5.97 Å². The van der Waals surface area contributed by atoms with E-state index in [2.05, 4.69) is 4.98 Å². The van der Waals surface area contributed by atoms with E-state index in [0.717, 1.165) is 24.6 Å². The number of carbonyl (C=O) groups is 1. The van der Waals surface area contributed by atoms with Crippen LogP contribution in [0.4, 0.5) is 0 Å². The summed E-state index contributed by atoms with van der Waals surface area (Å²) in [6.45, 7) is 0. The maximum absolute atomic E-state index is 12.8. The Morgan fingerprint density at radius 1 is 1.27 bits per heavy atom. The van der Waals surface area contributed by atoms with Gasteiger partial charge in [0, 0.05) is 6.04 Å². The number of nitrogens with zero attached hydrogens (tertiary/aromatic N) is 2. The second-order valence-electron chi connectivity index (χ2n) is 6.62. The van der Waals surface area contributed by atoms with Gasteiger partial charge in [-0.15, -0.1) is 0 Å². The van der Waals surface area contributed by atoms with Crippen LogP contribution in [0, 0.1) is 0 Å². The second-order valence-corrected chi connectivity index (χ2v) is 9.79. The van der Waals surface area contributed by atoms with Crippen LogP contribution in [0.3, 0.4) is 0 Å². The lowest BCUT2D eigenvalue weighted by Crippen LogP contribution is -2.24.